The van der Waals surface area contributed by atoms with Gasteiger partial charge in [0.05, 0.1) is 6.10 Å². The van der Waals surface area contributed by atoms with E-state index in [0.717, 1.165) is 6.54 Å². The lowest BCUT2D eigenvalue weighted by Crippen LogP contribution is -2.24. The van der Waals surface area contributed by atoms with Crippen LogP contribution >= 0.6 is 0 Å². The van der Waals surface area contributed by atoms with Gasteiger partial charge in [0.1, 0.15) is 0 Å². The summed E-state index contributed by atoms with van der Waals surface area (Å²) in [5.74, 6) is 0. The van der Waals surface area contributed by atoms with Gasteiger partial charge in [-0.2, -0.15) is 0 Å². The highest BCUT2D eigenvalue weighted by molar-refractivity contribution is 5.98. The maximum Gasteiger partial charge on any atom is 0.246 e. The summed E-state index contributed by atoms with van der Waals surface area (Å²) in [6, 6.07) is 0. The Morgan fingerprint density at radius 3 is 2.25 bits per heavy atom. The lowest BCUT2D eigenvalue weighted by atomic mass is 10.4. The van der Waals surface area contributed by atoms with Crippen LogP contribution in [-0.2, 0) is 4.43 Å². The SMILES string of the molecule is CC(CN(C)C)O[Si]. The molecule has 0 saturated carbocycles. The van der Waals surface area contributed by atoms with Crippen LogP contribution in [0.1, 0.15) is 6.92 Å². The van der Waals surface area contributed by atoms with Gasteiger partial charge in [0, 0.05) is 6.54 Å². The standard InChI is InChI=1S/C5H12NOSi/c1-5(7-8)4-6(2)3/h5H,4H2,1-3H3. The van der Waals surface area contributed by atoms with E-state index < -0.39 is 0 Å². The maximum atomic E-state index is 4.82. The first-order valence-corrected chi connectivity index (χ1v) is 3.04. The van der Waals surface area contributed by atoms with Crippen molar-refractivity contribution in [2.75, 3.05) is 20.6 Å². The zero-order chi connectivity index (χ0) is 6.57. The fraction of sp³-hybridized carbons (Fsp3) is 1.00. The molecule has 0 amide bonds. The van der Waals surface area contributed by atoms with Crippen LogP contribution in [0, 0.1) is 0 Å². The van der Waals surface area contributed by atoms with E-state index >= 15 is 0 Å². The summed E-state index contributed by atoms with van der Waals surface area (Å²) >= 11 is 0. The van der Waals surface area contributed by atoms with E-state index in [-0.39, 0.29) is 6.10 Å². The molecule has 0 fully saturated rings. The van der Waals surface area contributed by atoms with Crippen LogP contribution < -0.4 is 0 Å². The van der Waals surface area contributed by atoms with Gasteiger partial charge in [-0.3, -0.25) is 0 Å². The first kappa shape index (κ1) is 8.14. The van der Waals surface area contributed by atoms with E-state index in [2.05, 4.69) is 15.4 Å². The number of likely N-dealkylation sites (N-methyl/N-ethyl adjacent to an activating group) is 1. The van der Waals surface area contributed by atoms with Crippen LogP contribution in [0.2, 0.25) is 0 Å². The minimum absolute atomic E-state index is 0.265. The molecule has 2 nitrogen and oxygen atoms in total. The number of hydrogen-bond donors (Lipinski definition) is 0. The van der Waals surface area contributed by atoms with Gasteiger partial charge in [0.15, 0.2) is 0 Å². The minimum Gasteiger partial charge on any atom is -0.415 e. The lowest BCUT2D eigenvalue weighted by Gasteiger charge is -2.14. The summed E-state index contributed by atoms with van der Waals surface area (Å²) in [5.41, 5.74) is 0. The van der Waals surface area contributed by atoms with Crippen molar-refractivity contribution < 1.29 is 4.43 Å². The van der Waals surface area contributed by atoms with Crippen LogP contribution in [0.4, 0.5) is 0 Å². The van der Waals surface area contributed by atoms with E-state index in [1.54, 1.807) is 0 Å². The van der Waals surface area contributed by atoms with Gasteiger partial charge in [0.25, 0.3) is 0 Å². The highest BCUT2D eigenvalue weighted by Gasteiger charge is 1.97. The van der Waals surface area contributed by atoms with Crippen molar-refractivity contribution in [1.29, 1.82) is 0 Å². The Labute approximate surface area is 54.4 Å². The van der Waals surface area contributed by atoms with Crippen LogP contribution in [0.25, 0.3) is 0 Å². The van der Waals surface area contributed by atoms with E-state index in [0.29, 0.717) is 0 Å². The highest BCUT2D eigenvalue weighted by atomic mass is 28.2. The van der Waals surface area contributed by atoms with Crippen molar-refractivity contribution in [1.82, 2.24) is 4.90 Å². The first-order chi connectivity index (χ1) is 3.66. The molecule has 3 heteroatoms. The zero-order valence-corrected chi connectivity index (χ0v) is 6.64. The Morgan fingerprint density at radius 1 is 1.62 bits per heavy atom. The Balaban J connectivity index is 3.10. The van der Waals surface area contributed by atoms with E-state index in [1.165, 1.54) is 0 Å². The van der Waals surface area contributed by atoms with Gasteiger partial charge in [0.2, 0.25) is 10.5 Å². The molecule has 0 heterocycles. The van der Waals surface area contributed by atoms with E-state index in [4.69, 9.17) is 4.43 Å². The minimum atomic E-state index is 0.265. The monoisotopic (exact) mass is 130 g/mol. The third-order valence-corrected chi connectivity index (χ3v) is 1.23. The van der Waals surface area contributed by atoms with Crippen molar-refractivity contribution in [3.8, 4) is 0 Å². The summed E-state index contributed by atoms with van der Waals surface area (Å²) in [6.07, 6.45) is 0.265. The summed E-state index contributed by atoms with van der Waals surface area (Å²) in [7, 11) is 6.99. The molecule has 3 radical (unpaired) electrons. The fourth-order valence-electron chi connectivity index (χ4n) is 0.551. The quantitative estimate of drug-likeness (QED) is 0.500. The lowest BCUT2D eigenvalue weighted by molar-refractivity contribution is 0.192. The molecule has 0 N–H and O–H groups in total. The van der Waals surface area contributed by atoms with Crippen molar-refractivity contribution in [2.24, 2.45) is 0 Å². The van der Waals surface area contributed by atoms with Crippen LogP contribution in [0.5, 0.6) is 0 Å². The maximum absolute atomic E-state index is 4.82. The number of rotatable bonds is 3. The third kappa shape index (κ3) is 4.30. The van der Waals surface area contributed by atoms with E-state index in [9.17, 15) is 0 Å². The molecule has 47 valence electrons. The molecule has 1 atom stereocenters. The summed E-state index contributed by atoms with van der Waals surface area (Å²) in [5, 5.41) is 0. The van der Waals surface area contributed by atoms with Crippen LogP contribution in [0.15, 0.2) is 0 Å². The molecule has 0 aromatic rings. The Hall–Kier alpha value is 0.137. The first-order valence-electron chi connectivity index (χ1n) is 2.64. The average Bonchev–Trinajstić information content (AvgIpc) is 1.65. The largest absolute Gasteiger partial charge is 0.415 e. The Morgan fingerprint density at radius 2 is 2.12 bits per heavy atom. The summed E-state index contributed by atoms with van der Waals surface area (Å²) < 4.78 is 4.82. The molecular weight excluding hydrogens is 118 g/mol. The second-order valence-corrected chi connectivity index (χ2v) is 2.43. The second-order valence-electron chi connectivity index (χ2n) is 2.19. The molecule has 0 aliphatic carbocycles. The number of hydrogen-bond acceptors (Lipinski definition) is 2. The molecule has 0 saturated heterocycles. The third-order valence-electron chi connectivity index (χ3n) is 0.823. The van der Waals surface area contributed by atoms with E-state index in [1.807, 2.05) is 21.0 Å². The van der Waals surface area contributed by atoms with Crippen molar-refractivity contribution in [3.63, 3.8) is 0 Å². The predicted octanol–water partition coefficient (Wildman–Crippen LogP) is 0.0366. The van der Waals surface area contributed by atoms with Gasteiger partial charge < -0.3 is 9.33 Å². The molecule has 8 heavy (non-hydrogen) atoms. The van der Waals surface area contributed by atoms with Crippen LogP contribution in [0.3, 0.4) is 0 Å². The van der Waals surface area contributed by atoms with Gasteiger partial charge in [-0.15, -0.1) is 0 Å². The van der Waals surface area contributed by atoms with Gasteiger partial charge in [-0.25, -0.2) is 0 Å². The van der Waals surface area contributed by atoms with Gasteiger partial charge in [-0.05, 0) is 21.0 Å². The smallest absolute Gasteiger partial charge is 0.246 e. The van der Waals surface area contributed by atoms with Crippen molar-refractivity contribution in [3.05, 3.63) is 0 Å². The van der Waals surface area contributed by atoms with Crippen molar-refractivity contribution >= 4 is 10.5 Å². The predicted molar refractivity (Wildman–Crippen MR) is 34.9 cm³/mol. The Kier molecular flexibility index (Phi) is 4.13. The molecule has 0 spiro atoms. The fourth-order valence-corrected chi connectivity index (χ4v) is 0.626. The topological polar surface area (TPSA) is 12.5 Å². The number of nitrogens with zero attached hydrogens (tertiary/aromatic N) is 1. The van der Waals surface area contributed by atoms with Crippen molar-refractivity contribution in [2.45, 2.75) is 13.0 Å². The average molecular weight is 130 g/mol. The molecule has 1 unspecified atom stereocenters. The molecule has 0 rings (SSSR count). The summed E-state index contributed by atoms with van der Waals surface area (Å²) in [6.45, 7) is 2.95. The molecule has 0 aromatic carbocycles. The molecule has 0 aromatic heterocycles. The molecule has 0 bridgehead atoms. The normalized spacial score (nSPS) is 14.6. The van der Waals surface area contributed by atoms with Gasteiger partial charge >= 0.3 is 0 Å². The second kappa shape index (κ2) is 4.06. The van der Waals surface area contributed by atoms with Crippen LogP contribution in [-0.4, -0.2) is 42.1 Å². The summed E-state index contributed by atoms with van der Waals surface area (Å²) in [4.78, 5) is 2.07. The zero-order valence-electron chi connectivity index (χ0n) is 5.64. The molecule has 0 aliphatic heterocycles. The van der Waals surface area contributed by atoms with Gasteiger partial charge in [-0.1, -0.05) is 0 Å². The molecular formula is C5H12NOSi. The highest BCUT2D eigenvalue weighted by Crippen LogP contribution is 1.86. The molecule has 0 aliphatic rings. The Bertz CT molecular complexity index is 58.4.